The van der Waals surface area contributed by atoms with E-state index in [4.69, 9.17) is 4.74 Å². The highest BCUT2D eigenvalue weighted by atomic mass is 16.5. The lowest BCUT2D eigenvalue weighted by atomic mass is 9.92. The smallest absolute Gasteiger partial charge is 0.340 e. The van der Waals surface area contributed by atoms with Crippen LogP contribution in [0.3, 0.4) is 0 Å². The van der Waals surface area contributed by atoms with Gasteiger partial charge in [-0.2, -0.15) is 5.10 Å². The second-order valence-electron chi connectivity index (χ2n) is 5.58. The number of methoxy groups -OCH3 is 1. The summed E-state index contributed by atoms with van der Waals surface area (Å²) in [6, 6.07) is 3.59. The number of rotatable bonds is 3. The predicted octanol–water partition coefficient (Wildman–Crippen LogP) is 2.05. The van der Waals surface area contributed by atoms with E-state index in [0.717, 1.165) is 18.4 Å². The van der Waals surface area contributed by atoms with Crippen molar-refractivity contribution in [3.63, 3.8) is 0 Å². The molecule has 0 aliphatic heterocycles. The van der Waals surface area contributed by atoms with Crippen LogP contribution in [0.4, 0.5) is 0 Å². The van der Waals surface area contributed by atoms with E-state index in [1.54, 1.807) is 23.7 Å². The Morgan fingerprint density at radius 3 is 2.85 bits per heavy atom. The zero-order valence-electron chi connectivity index (χ0n) is 11.9. The van der Waals surface area contributed by atoms with Gasteiger partial charge < -0.3 is 9.84 Å². The minimum atomic E-state index is -0.979. The van der Waals surface area contributed by atoms with Crippen LogP contribution in [-0.4, -0.2) is 27.8 Å². The molecule has 0 aromatic carbocycles. The quantitative estimate of drug-likeness (QED) is 0.870. The molecule has 20 heavy (non-hydrogen) atoms. The Bertz CT molecular complexity index is 684. The number of aliphatic hydroxyl groups is 1. The third kappa shape index (κ3) is 1.73. The Morgan fingerprint density at radius 2 is 2.25 bits per heavy atom. The maximum atomic E-state index is 12.0. The SMILES string of the molecule is COC(=O)c1c(C)c(C(C)(O)C2CC2)n2ncccc12. The monoisotopic (exact) mass is 274 g/mol. The topological polar surface area (TPSA) is 63.8 Å². The van der Waals surface area contributed by atoms with Crippen LogP contribution >= 0.6 is 0 Å². The number of fused-ring (bicyclic) bond motifs is 1. The summed E-state index contributed by atoms with van der Waals surface area (Å²) >= 11 is 0. The Kier molecular flexibility index (Phi) is 2.83. The summed E-state index contributed by atoms with van der Waals surface area (Å²) in [6.07, 6.45) is 3.65. The molecule has 106 valence electrons. The van der Waals surface area contributed by atoms with Gasteiger partial charge in [0, 0.05) is 6.20 Å². The Morgan fingerprint density at radius 1 is 1.55 bits per heavy atom. The van der Waals surface area contributed by atoms with Gasteiger partial charge in [-0.15, -0.1) is 0 Å². The molecule has 5 nitrogen and oxygen atoms in total. The predicted molar refractivity (Wildman–Crippen MR) is 73.6 cm³/mol. The molecule has 2 aromatic heterocycles. The Hall–Kier alpha value is -1.88. The second kappa shape index (κ2) is 4.31. The first-order valence-electron chi connectivity index (χ1n) is 6.76. The number of carbonyl (C=O) groups is 1. The van der Waals surface area contributed by atoms with Crippen molar-refractivity contribution >= 4 is 11.5 Å². The molecule has 1 N–H and O–H groups in total. The molecule has 5 heteroatoms. The van der Waals surface area contributed by atoms with Crippen LogP contribution in [-0.2, 0) is 10.3 Å². The standard InChI is InChI=1S/C15H18N2O3/c1-9-12(14(18)20-3)11-5-4-8-16-17(11)13(9)15(2,19)10-6-7-10/h4-5,8,10,19H,6-7H2,1-3H3. The highest BCUT2D eigenvalue weighted by Gasteiger charge is 2.45. The van der Waals surface area contributed by atoms with Crippen LogP contribution in [0.25, 0.3) is 5.52 Å². The van der Waals surface area contributed by atoms with E-state index in [2.05, 4.69) is 5.10 Å². The lowest BCUT2D eigenvalue weighted by Gasteiger charge is -2.23. The van der Waals surface area contributed by atoms with Crippen LogP contribution in [0.15, 0.2) is 18.3 Å². The molecule has 1 saturated carbocycles. The minimum Gasteiger partial charge on any atom is -0.465 e. The fraction of sp³-hybridized carbons (Fsp3) is 0.467. The van der Waals surface area contributed by atoms with E-state index in [-0.39, 0.29) is 5.92 Å². The second-order valence-corrected chi connectivity index (χ2v) is 5.58. The van der Waals surface area contributed by atoms with Gasteiger partial charge in [0.05, 0.1) is 23.9 Å². The number of esters is 1. The Labute approximate surface area is 117 Å². The minimum absolute atomic E-state index is 0.229. The summed E-state index contributed by atoms with van der Waals surface area (Å²) < 4.78 is 6.53. The number of hydrogen-bond acceptors (Lipinski definition) is 4. The maximum Gasteiger partial charge on any atom is 0.340 e. The average Bonchev–Trinajstić information content (AvgIpc) is 3.22. The van der Waals surface area contributed by atoms with Gasteiger partial charge in [0.25, 0.3) is 0 Å². The molecule has 1 fully saturated rings. The number of aromatic nitrogens is 2. The van der Waals surface area contributed by atoms with Crippen molar-refractivity contribution < 1.29 is 14.6 Å². The summed E-state index contributed by atoms with van der Waals surface area (Å²) in [5, 5.41) is 15.2. The van der Waals surface area contributed by atoms with Gasteiger partial charge in [-0.3, -0.25) is 0 Å². The number of ether oxygens (including phenoxy) is 1. The molecular weight excluding hydrogens is 256 g/mol. The van der Waals surface area contributed by atoms with E-state index in [9.17, 15) is 9.90 Å². The molecule has 1 atom stereocenters. The molecule has 2 aromatic rings. The van der Waals surface area contributed by atoms with Crippen molar-refractivity contribution in [1.29, 1.82) is 0 Å². The number of carbonyl (C=O) groups excluding carboxylic acids is 1. The van der Waals surface area contributed by atoms with Crippen molar-refractivity contribution in [2.75, 3.05) is 7.11 Å². The summed E-state index contributed by atoms with van der Waals surface area (Å²) in [6.45, 7) is 3.64. The van der Waals surface area contributed by atoms with E-state index < -0.39 is 11.6 Å². The lowest BCUT2D eigenvalue weighted by molar-refractivity contribution is 0.0263. The molecule has 1 aliphatic rings. The summed E-state index contributed by atoms with van der Waals surface area (Å²) in [5.74, 6) is -0.169. The van der Waals surface area contributed by atoms with Gasteiger partial charge in [0.15, 0.2) is 0 Å². The van der Waals surface area contributed by atoms with E-state index in [0.29, 0.717) is 16.8 Å². The van der Waals surface area contributed by atoms with Crippen LogP contribution in [0.5, 0.6) is 0 Å². The van der Waals surface area contributed by atoms with Crippen molar-refractivity contribution in [2.45, 2.75) is 32.3 Å². The van der Waals surface area contributed by atoms with Crippen LogP contribution in [0.1, 0.15) is 41.4 Å². The van der Waals surface area contributed by atoms with Crippen LogP contribution in [0, 0.1) is 12.8 Å². The van der Waals surface area contributed by atoms with Crippen molar-refractivity contribution in [2.24, 2.45) is 5.92 Å². The molecule has 0 spiro atoms. The van der Waals surface area contributed by atoms with Gasteiger partial charge >= 0.3 is 5.97 Å². The van der Waals surface area contributed by atoms with Gasteiger partial charge in [0.1, 0.15) is 5.60 Å². The molecule has 0 radical (unpaired) electrons. The maximum absolute atomic E-state index is 12.0. The summed E-state index contributed by atoms with van der Waals surface area (Å²) in [5.41, 5.74) is 1.61. The third-order valence-corrected chi connectivity index (χ3v) is 4.19. The molecule has 1 unspecified atom stereocenters. The fourth-order valence-electron chi connectivity index (χ4n) is 3.00. The number of hydrogen-bond donors (Lipinski definition) is 1. The van der Waals surface area contributed by atoms with Gasteiger partial charge in [-0.1, -0.05) is 0 Å². The highest BCUT2D eigenvalue weighted by Crippen LogP contribution is 2.47. The third-order valence-electron chi connectivity index (χ3n) is 4.19. The molecule has 3 rings (SSSR count). The normalized spacial score (nSPS) is 18.0. The zero-order valence-corrected chi connectivity index (χ0v) is 11.9. The first kappa shape index (κ1) is 13.1. The highest BCUT2D eigenvalue weighted by molar-refractivity contribution is 5.99. The van der Waals surface area contributed by atoms with E-state index in [1.807, 2.05) is 13.0 Å². The molecule has 0 saturated heterocycles. The van der Waals surface area contributed by atoms with E-state index in [1.165, 1.54) is 7.11 Å². The number of nitrogens with zero attached hydrogens (tertiary/aromatic N) is 2. The summed E-state index contributed by atoms with van der Waals surface area (Å²) in [4.78, 5) is 12.0. The van der Waals surface area contributed by atoms with Crippen molar-refractivity contribution in [3.8, 4) is 0 Å². The van der Waals surface area contributed by atoms with Gasteiger partial charge in [0.2, 0.25) is 0 Å². The largest absolute Gasteiger partial charge is 0.465 e. The van der Waals surface area contributed by atoms with E-state index >= 15 is 0 Å². The molecule has 0 amide bonds. The zero-order chi connectivity index (χ0) is 14.5. The summed E-state index contributed by atoms with van der Waals surface area (Å²) in [7, 11) is 1.36. The fourth-order valence-corrected chi connectivity index (χ4v) is 3.00. The lowest BCUT2D eigenvalue weighted by Crippen LogP contribution is -2.27. The Balaban J connectivity index is 2.32. The molecule has 2 heterocycles. The first-order valence-corrected chi connectivity index (χ1v) is 6.76. The van der Waals surface area contributed by atoms with Gasteiger partial charge in [-0.05, 0) is 50.3 Å². The van der Waals surface area contributed by atoms with Gasteiger partial charge in [-0.25, -0.2) is 9.31 Å². The average molecular weight is 274 g/mol. The molecular formula is C15H18N2O3. The molecule has 0 bridgehead atoms. The van der Waals surface area contributed by atoms with Crippen LogP contribution < -0.4 is 0 Å². The van der Waals surface area contributed by atoms with Crippen molar-refractivity contribution in [1.82, 2.24) is 9.61 Å². The van der Waals surface area contributed by atoms with Crippen LogP contribution in [0.2, 0.25) is 0 Å². The molecule has 1 aliphatic carbocycles. The van der Waals surface area contributed by atoms with Crippen molar-refractivity contribution in [3.05, 3.63) is 35.2 Å². The first-order chi connectivity index (χ1) is 9.48.